The second-order valence-corrected chi connectivity index (χ2v) is 0.492. The first kappa shape index (κ1) is 22.6. The molecule has 0 atom stereocenters. The average Bonchev–Trinajstić information content (AvgIpc) is 0.811. The maximum Gasteiger partial charge on any atom is 2.00 e. The summed E-state index contributed by atoms with van der Waals surface area (Å²) >= 11 is 0. The molecule has 0 saturated heterocycles. The van der Waals surface area contributed by atoms with Crippen molar-refractivity contribution in [3.63, 3.8) is 0 Å². The van der Waals surface area contributed by atoms with Crippen molar-refractivity contribution in [1.82, 2.24) is 0 Å². The first-order valence-corrected chi connectivity index (χ1v) is 0.908. The van der Waals surface area contributed by atoms with E-state index >= 15 is 0 Å². The van der Waals surface area contributed by atoms with Crippen LogP contribution in [0.2, 0.25) is 0 Å². The van der Waals surface area contributed by atoms with E-state index in [0.717, 1.165) is 6.92 Å². The third-order valence-electron chi connectivity index (χ3n) is 0. The van der Waals surface area contributed by atoms with E-state index in [-0.39, 0.29) is 102 Å². The van der Waals surface area contributed by atoms with Gasteiger partial charge in [0, 0.05) is 5.97 Å². The van der Waals surface area contributed by atoms with Gasteiger partial charge in [0.15, 0.2) is 0 Å². The van der Waals surface area contributed by atoms with Gasteiger partial charge in [-0.05, 0) is 6.92 Å². The minimum Gasteiger partial charge on any atom is -1.00 e. The summed E-state index contributed by atoms with van der Waals surface area (Å²) in [6, 6.07) is 0. The van der Waals surface area contributed by atoms with Gasteiger partial charge in [-0.2, -0.15) is 0 Å². The van der Waals surface area contributed by atoms with Crippen molar-refractivity contribution in [3.05, 3.63) is 0 Å². The van der Waals surface area contributed by atoms with Crippen LogP contribution in [0.3, 0.4) is 0 Å². The number of hydrogen-bond donors (Lipinski definition) is 0. The predicted octanol–water partition coefficient (Wildman–Crippen LogP) is -7.62. The van der Waals surface area contributed by atoms with Crippen molar-refractivity contribution >= 4 is 43.7 Å². The van der Waals surface area contributed by atoms with Crippen molar-refractivity contribution < 1.29 is 73.7 Å². The molecule has 0 unspecified atom stereocenters. The number of rotatable bonds is 0. The summed E-state index contributed by atoms with van der Waals surface area (Å²) in [5.41, 5.74) is 0. The zero-order valence-electron chi connectivity index (χ0n) is 4.40. The molecule has 0 rings (SSSR count). The van der Waals surface area contributed by atoms with Gasteiger partial charge in [0.25, 0.3) is 0 Å². The molecule has 7 heavy (non-hydrogen) atoms. The maximum absolute atomic E-state index is 8.89. The minimum atomic E-state index is -1.08. The molecule has 0 aliphatic carbocycles. The van der Waals surface area contributed by atoms with Crippen LogP contribution in [0, 0.1) is 0 Å². The number of halogens is 1. The monoisotopic (exact) mass is 173 g/mol. The minimum absolute atomic E-state index is 0. The van der Waals surface area contributed by atoms with E-state index in [9.17, 15) is 0 Å². The molecule has 2 nitrogen and oxygen atoms in total. The Kier molecular flexibility index (Phi) is 51.2. The molecule has 0 spiro atoms. The molecule has 0 aromatic carbocycles. The van der Waals surface area contributed by atoms with Gasteiger partial charge in [0.05, 0.1) is 0 Å². The van der Waals surface area contributed by atoms with Gasteiger partial charge in [-0.25, -0.2) is 0 Å². The zero-order valence-corrected chi connectivity index (χ0v) is 10.5. The van der Waals surface area contributed by atoms with Crippen molar-refractivity contribution in [1.29, 1.82) is 0 Å². The van der Waals surface area contributed by atoms with Crippen LogP contribution in [0.1, 0.15) is 6.92 Å². The van der Waals surface area contributed by atoms with Gasteiger partial charge in [-0.3, -0.25) is 0 Å². The molecule has 0 aromatic rings. The Bertz CT molecular complexity index is 38.7. The summed E-state index contributed by atoms with van der Waals surface area (Å²) in [6.07, 6.45) is 0. The SMILES string of the molecule is CC(=O)[O-].[Ca+2].[Cl-].[K+]. The van der Waals surface area contributed by atoms with E-state index in [4.69, 9.17) is 9.90 Å². The van der Waals surface area contributed by atoms with E-state index in [1.54, 1.807) is 0 Å². The number of hydrogen-bond acceptors (Lipinski definition) is 2. The van der Waals surface area contributed by atoms with Gasteiger partial charge < -0.3 is 22.3 Å². The van der Waals surface area contributed by atoms with Crippen LogP contribution in [0.5, 0.6) is 0 Å². The van der Waals surface area contributed by atoms with Gasteiger partial charge in [-0.1, -0.05) is 0 Å². The molecule has 0 bridgehead atoms. The molecule has 0 N–H and O–H groups in total. The van der Waals surface area contributed by atoms with E-state index in [0.29, 0.717) is 0 Å². The van der Waals surface area contributed by atoms with Gasteiger partial charge in [0.2, 0.25) is 0 Å². The molecule has 5 heteroatoms. The van der Waals surface area contributed by atoms with Crippen molar-refractivity contribution in [3.8, 4) is 0 Å². The Morgan fingerprint density at radius 1 is 1.57 bits per heavy atom. The smallest absolute Gasteiger partial charge is 1.00 e. The summed E-state index contributed by atoms with van der Waals surface area (Å²) in [7, 11) is 0. The van der Waals surface area contributed by atoms with Crippen molar-refractivity contribution in [2.45, 2.75) is 6.92 Å². The summed E-state index contributed by atoms with van der Waals surface area (Å²) in [6.45, 7) is 0.972. The maximum atomic E-state index is 8.89. The van der Waals surface area contributed by atoms with E-state index in [1.807, 2.05) is 0 Å². The third kappa shape index (κ3) is 54.4. The Balaban J connectivity index is -0.0000000150. The standard InChI is InChI=1S/C2H4O2.Ca.ClH.K/c1-2(3)4;;;/h1H3,(H,3,4);;1H;/q;+2;;+1/p-2. The number of carbonyl (C=O) groups excluding carboxylic acids is 1. The summed E-state index contributed by atoms with van der Waals surface area (Å²) < 4.78 is 0. The molecule has 0 amide bonds. The molecule has 0 aromatic heterocycles. The molecule has 32 valence electrons. The molecule has 0 saturated carbocycles. The van der Waals surface area contributed by atoms with Crippen LogP contribution in [-0.4, -0.2) is 43.7 Å². The first-order valence-electron chi connectivity index (χ1n) is 0.908. The van der Waals surface area contributed by atoms with Crippen LogP contribution < -0.4 is 68.9 Å². The Morgan fingerprint density at radius 3 is 1.57 bits per heavy atom. The number of carboxylic acids is 1. The van der Waals surface area contributed by atoms with Crippen LogP contribution in [0.15, 0.2) is 0 Å². The second kappa shape index (κ2) is 15.9. The summed E-state index contributed by atoms with van der Waals surface area (Å²) in [4.78, 5) is 8.89. The Labute approximate surface area is 121 Å². The fraction of sp³-hybridized carbons (Fsp3) is 0.500. The fourth-order valence-corrected chi connectivity index (χ4v) is 0. The molecule has 0 radical (unpaired) electrons. The van der Waals surface area contributed by atoms with Gasteiger partial charge in [0.1, 0.15) is 0 Å². The van der Waals surface area contributed by atoms with Crippen molar-refractivity contribution in [2.24, 2.45) is 0 Å². The second-order valence-electron chi connectivity index (χ2n) is 0.492. The first-order chi connectivity index (χ1) is 1.73. The number of carbonyl (C=O) groups is 1. The van der Waals surface area contributed by atoms with Crippen molar-refractivity contribution in [2.75, 3.05) is 0 Å². The normalized spacial score (nSPS) is 3.57. The quantitative estimate of drug-likeness (QED) is 0.342. The van der Waals surface area contributed by atoms with E-state index in [1.165, 1.54) is 0 Å². The summed E-state index contributed by atoms with van der Waals surface area (Å²) in [5, 5.41) is 8.89. The van der Waals surface area contributed by atoms with Crippen LogP contribution in [0.25, 0.3) is 0 Å². The van der Waals surface area contributed by atoms with Gasteiger partial charge in [-0.15, -0.1) is 0 Å². The Morgan fingerprint density at radius 2 is 1.57 bits per heavy atom. The topological polar surface area (TPSA) is 40.1 Å². The molecule has 0 aliphatic rings. The molecular weight excluding hydrogens is 171 g/mol. The third-order valence-corrected chi connectivity index (χ3v) is 0. The number of aliphatic carboxylic acids is 1. The predicted molar refractivity (Wildman–Crippen MR) is 16.4 cm³/mol. The molecule has 0 heterocycles. The van der Waals surface area contributed by atoms with Crippen LogP contribution >= 0.6 is 0 Å². The molecule has 0 fully saturated rings. The Hall–Kier alpha value is 2.66. The van der Waals surface area contributed by atoms with Crippen LogP contribution in [-0.2, 0) is 4.79 Å². The van der Waals surface area contributed by atoms with E-state index in [2.05, 4.69) is 0 Å². The zero-order chi connectivity index (χ0) is 3.58. The van der Waals surface area contributed by atoms with E-state index < -0.39 is 5.97 Å². The van der Waals surface area contributed by atoms with Crippen LogP contribution in [0.4, 0.5) is 0 Å². The summed E-state index contributed by atoms with van der Waals surface area (Å²) in [5.74, 6) is -1.08. The largest absolute Gasteiger partial charge is 2.00 e. The molecular formula is C2H3CaClKO2+. The average molecular weight is 174 g/mol. The molecule has 0 aliphatic heterocycles. The van der Waals surface area contributed by atoms with Gasteiger partial charge >= 0.3 is 89.1 Å². The number of carboxylic acid groups (broad SMARTS) is 1. The fourth-order valence-electron chi connectivity index (χ4n) is 0.